The third-order valence-electron chi connectivity index (χ3n) is 5.88. The smallest absolute Gasteiger partial charge is 0.227 e. The lowest BCUT2D eigenvalue weighted by Crippen LogP contribution is -2.36. The fraction of sp³-hybridized carbons (Fsp3) is 0.192. The molecule has 35 heavy (non-hydrogen) atoms. The van der Waals surface area contributed by atoms with E-state index >= 15 is 0 Å². The van der Waals surface area contributed by atoms with E-state index in [2.05, 4.69) is 62.3 Å². The van der Waals surface area contributed by atoms with Gasteiger partial charge in [0.15, 0.2) is 0 Å². The van der Waals surface area contributed by atoms with Crippen molar-refractivity contribution in [1.82, 2.24) is 19.9 Å². The van der Waals surface area contributed by atoms with Crippen LogP contribution in [0.25, 0.3) is 11.1 Å². The van der Waals surface area contributed by atoms with Gasteiger partial charge >= 0.3 is 0 Å². The van der Waals surface area contributed by atoms with Crippen molar-refractivity contribution in [1.29, 1.82) is 0 Å². The summed E-state index contributed by atoms with van der Waals surface area (Å²) in [5.41, 5.74) is 6.65. The number of pyridine rings is 1. The minimum absolute atomic E-state index is 0. The van der Waals surface area contributed by atoms with E-state index < -0.39 is 0 Å². The topological polar surface area (TPSA) is 65.1 Å². The summed E-state index contributed by atoms with van der Waals surface area (Å²) in [4.78, 5) is 29.0. The van der Waals surface area contributed by atoms with Gasteiger partial charge in [0.25, 0.3) is 0 Å². The predicted octanol–water partition coefficient (Wildman–Crippen LogP) is 5.33. The van der Waals surface area contributed by atoms with E-state index in [1.54, 1.807) is 18.7 Å². The summed E-state index contributed by atoms with van der Waals surface area (Å²) < 4.78 is 0. The van der Waals surface area contributed by atoms with Gasteiger partial charge in [0.2, 0.25) is 5.91 Å². The maximum atomic E-state index is 13.2. The zero-order valence-corrected chi connectivity index (χ0v) is 21.5. The number of amides is 1. The first-order chi connectivity index (χ1) is 15.8. The van der Waals surface area contributed by atoms with E-state index in [-0.39, 0.29) is 43.1 Å². The van der Waals surface area contributed by atoms with Crippen LogP contribution in [0.1, 0.15) is 16.8 Å². The van der Waals surface area contributed by atoms with Gasteiger partial charge in [-0.2, -0.15) is 0 Å². The maximum Gasteiger partial charge on any atom is 0.227 e. The SMILES string of the molecule is Cl.Cl.Cl.O=C(Cc1cccnc1)N1CCN(Cc2cnc[nH]2)c2ccc(-c3ccccc3)cc2C1. The molecule has 184 valence electrons. The van der Waals surface area contributed by atoms with Gasteiger partial charge in [-0.25, -0.2) is 4.98 Å². The highest BCUT2D eigenvalue weighted by molar-refractivity contribution is 5.86. The minimum atomic E-state index is 0. The Kier molecular flexibility index (Phi) is 10.6. The Morgan fingerprint density at radius 2 is 1.71 bits per heavy atom. The van der Waals surface area contributed by atoms with Crippen molar-refractivity contribution < 1.29 is 4.79 Å². The molecule has 0 saturated heterocycles. The lowest BCUT2D eigenvalue weighted by molar-refractivity contribution is -0.130. The summed E-state index contributed by atoms with van der Waals surface area (Å²) in [7, 11) is 0. The number of halogens is 3. The zero-order valence-electron chi connectivity index (χ0n) is 19.0. The van der Waals surface area contributed by atoms with Crippen LogP contribution in [0.15, 0.2) is 85.6 Å². The number of aromatic nitrogens is 3. The van der Waals surface area contributed by atoms with E-state index in [4.69, 9.17) is 0 Å². The number of carbonyl (C=O) groups excluding carboxylic acids is 1. The van der Waals surface area contributed by atoms with Gasteiger partial charge in [-0.3, -0.25) is 9.78 Å². The Labute approximate surface area is 224 Å². The zero-order chi connectivity index (χ0) is 21.8. The molecule has 0 saturated carbocycles. The minimum Gasteiger partial charge on any atom is -0.364 e. The molecule has 0 atom stereocenters. The average Bonchev–Trinajstić information content (AvgIpc) is 3.28. The highest BCUT2D eigenvalue weighted by atomic mass is 35.5. The molecule has 0 radical (unpaired) electrons. The maximum absolute atomic E-state index is 13.2. The van der Waals surface area contributed by atoms with Crippen molar-refractivity contribution in [3.63, 3.8) is 0 Å². The van der Waals surface area contributed by atoms with Gasteiger partial charge in [0.1, 0.15) is 0 Å². The molecule has 6 nitrogen and oxygen atoms in total. The average molecular weight is 533 g/mol. The number of hydrogen-bond donors (Lipinski definition) is 1. The number of anilines is 1. The van der Waals surface area contributed by atoms with Crippen molar-refractivity contribution in [2.75, 3.05) is 18.0 Å². The standard InChI is InChI=1S/C26H25N5O.3ClH/c32-26(13-20-5-4-10-27-15-20)31-12-11-30(18-24-16-28-19-29-24)25-9-8-22(14-23(25)17-31)21-6-2-1-3-7-21;;;/h1-10,14-16,19H,11-13,17-18H2,(H,28,29);3*1H. The molecule has 1 amide bonds. The second kappa shape index (κ2) is 13.1. The molecule has 1 aliphatic heterocycles. The molecule has 9 heteroatoms. The predicted molar refractivity (Wildman–Crippen MR) is 147 cm³/mol. The van der Waals surface area contributed by atoms with Gasteiger partial charge in [-0.1, -0.05) is 42.5 Å². The largest absolute Gasteiger partial charge is 0.364 e. The van der Waals surface area contributed by atoms with Crippen LogP contribution in [0.2, 0.25) is 0 Å². The van der Waals surface area contributed by atoms with Crippen molar-refractivity contribution in [3.05, 3.63) is 102 Å². The molecule has 2 aromatic heterocycles. The molecule has 5 rings (SSSR count). The first kappa shape index (κ1) is 28.2. The monoisotopic (exact) mass is 531 g/mol. The third-order valence-corrected chi connectivity index (χ3v) is 5.88. The molecule has 0 bridgehead atoms. The quantitative estimate of drug-likeness (QED) is 0.377. The third kappa shape index (κ3) is 6.75. The molecule has 0 aliphatic carbocycles. The lowest BCUT2D eigenvalue weighted by atomic mass is 10.0. The van der Waals surface area contributed by atoms with E-state index in [9.17, 15) is 4.79 Å². The van der Waals surface area contributed by atoms with Crippen molar-refractivity contribution in [2.24, 2.45) is 0 Å². The van der Waals surface area contributed by atoms with E-state index in [1.165, 1.54) is 5.56 Å². The van der Waals surface area contributed by atoms with Crippen LogP contribution in [-0.2, 0) is 24.3 Å². The molecule has 4 aromatic rings. The second-order valence-corrected chi connectivity index (χ2v) is 8.06. The van der Waals surface area contributed by atoms with E-state index in [0.29, 0.717) is 19.5 Å². The molecule has 1 N–H and O–H groups in total. The van der Waals surface area contributed by atoms with Crippen LogP contribution in [0, 0.1) is 0 Å². The number of imidazole rings is 1. The number of rotatable bonds is 5. The Morgan fingerprint density at radius 3 is 2.43 bits per heavy atom. The Morgan fingerprint density at radius 1 is 0.886 bits per heavy atom. The van der Waals surface area contributed by atoms with E-state index in [1.807, 2.05) is 29.3 Å². The normalized spacial score (nSPS) is 12.3. The summed E-state index contributed by atoms with van der Waals surface area (Å²) >= 11 is 0. The number of nitrogens with zero attached hydrogens (tertiary/aromatic N) is 4. The van der Waals surface area contributed by atoms with Gasteiger partial charge < -0.3 is 14.8 Å². The fourth-order valence-electron chi connectivity index (χ4n) is 4.22. The number of nitrogens with one attached hydrogen (secondary N) is 1. The van der Waals surface area contributed by atoms with Gasteiger partial charge in [0.05, 0.1) is 25.0 Å². The number of carbonyl (C=O) groups is 1. The van der Waals surface area contributed by atoms with Crippen LogP contribution in [0.5, 0.6) is 0 Å². The fourth-order valence-corrected chi connectivity index (χ4v) is 4.22. The van der Waals surface area contributed by atoms with Crippen molar-refractivity contribution in [2.45, 2.75) is 19.5 Å². The summed E-state index contributed by atoms with van der Waals surface area (Å²) in [5, 5.41) is 0. The number of hydrogen-bond acceptors (Lipinski definition) is 4. The van der Waals surface area contributed by atoms with E-state index in [0.717, 1.165) is 41.2 Å². The Bertz CT molecular complexity index is 1190. The molecule has 3 heterocycles. The Hall–Kier alpha value is -3.06. The molecule has 0 unspecified atom stereocenters. The van der Waals surface area contributed by atoms with Crippen LogP contribution in [-0.4, -0.2) is 38.8 Å². The first-order valence-corrected chi connectivity index (χ1v) is 10.8. The molecule has 0 spiro atoms. The first-order valence-electron chi connectivity index (χ1n) is 10.8. The summed E-state index contributed by atoms with van der Waals surface area (Å²) in [6.07, 6.45) is 7.42. The second-order valence-electron chi connectivity index (χ2n) is 8.06. The Balaban J connectivity index is 0.00000144. The van der Waals surface area contributed by atoms with Gasteiger partial charge in [0, 0.05) is 43.9 Å². The number of aromatic amines is 1. The van der Waals surface area contributed by atoms with Crippen LogP contribution in [0.3, 0.4) is 0 Å². The molecule has 2 aromatic carbocycles. The summed E-state index contributed by atoms with van der Waals surface area (Å²) in [6.45, 7) is 2.75. The van der Waals surface area contributed by atoms with Crippen LogP contribution >= 0.6 is 37.2 Å². The molecule has 0 fully saturated rings. The summed E-state index contributed by atoms with van der Waals surface area (Å²) in [6, 6.07) is 20.8. The number of fused-ring (bicyclic) bond motifs is 1. The van der Waals surface area contributed by atoms with Crippen molar-refractivity contribution in [3.8, 4) is 11.1 Å². The number of H-pyrrole nitrogens is 1. The van der Waals surface area contributed by atoms with Crippen LogP contribution in [0.4, 0.5) is 5.69 Å². The highest BCUT2D eigenvalue weighted by Gasteiger charge is 2.24. The van der Waals surface area contributed by atoms with Crippen LogP contribution < -0.4 is 4.90 Å². The van der Waals surface area contributed by atoms with Gasteiger partial charge in [-0.15, -0.1) is 37.2 Å². The lowest BCUT2D eigenvalue weighted by Gasteiger charge is -2.24. The highest BCUT2D eigenvalue weighted by Crippen LogP contribution is 2.31. The van der Waals surface area contributed by atoms with Crippen molar-refractivity contribution >= 4 is 48.8 Å². The summed E-state index contributed by atoms with van der Waals surface area (Å²) in [5.74, 6) is 0.123. The molecular formula is C26H28Cl3N5O. The molecular weight excluding hydrogens is 505 g/mol. The number of benzene rings is 2. The molecule has 1 aliphatic rings. The van der Waals surface area contributed by atoms with Gasteiger partial charge in [-0.05, 0) is 40.5 Å².